The summed E-state index contributed by atoms with van der Waals surface area (Å²) in [7, 11) is 0. The molecule has 0 amide bonds. The first kappa shape index (κ1) is 15.3. The zero-order valence-electron chi connectivity index (χ0n) is 13.6. The highest BCUT2D eigenvalue weighted by molar-refractivity contribution is 5.71. The van der Waals surface area contributed by atoms with Crippen LogP contribution in [0.5, 0.6) is 0 Å². The Morgan fingerprint density at radius 3 is 2.56 bits per heavy atom. The normalized spacial score (nSPS) is 13.6. The average Bonchev–Trinajstić information content (AvgIpc) is 2.84. The van der Waals surface area contributed by atoms with Gasteiger partial charge in [-0.2, -0.15) is 5.10 Å². The predicted octanol–water partition coefficient (Wildman–Crippen LogP) is 3.59. The summed E-state index contributed by atoms with van der Waals surface area (Å²) in [6.45, 7) is 0.890. The molecule has 0 saturated carbocycles. The van der Waals surface area contributed by atoms with Gasteiger partial charge >= 0.3 is 0 Å². The number of rotatable bonds is 3. The van der Waals surface area contributed by atoms with E-state index >= 15 is 0 Å². The highest BCUT2D eigenvalue weighted by atomic mass is 16.6. The molecule has 0 fully saturated rings. The minimum absolute atomic E-state index is 0.0734. The van der Waals surface area contributed by atoms with Gasteiger partial charge in [0.25, 0.3) is 5.69 Å². The summed E-state index contributed by atoms with van der Waals surface area (Å²) in [4.78, 5) is 14.6. The van der Waals surface area contributed by atoms with Crippen LogP contribution in [0.3, 0.4) is 0 Å². The summed E-state index contributed by atoms with van der Waals surface area (Å²) in [6.07, 6.45) is 6.68. The molecular weight excluding hydrogens is 318 g/mol. The lowest BCUT2D eigenvalue weighted by molar-refractivity contribution is -0.384. The molecule has 1 aromatic carbocycles. The van der Waals surface area contributed by atoms with Gasteiger partial charge in [0.2, 0.25) is 0 Å². The molecule has 3 heterocycles. The summed E-state index contributed by atoms with van der Waals surface area (Å²) < 4.78 is 1.85. The van der Waals surface area contributed by atoms with E-state index in [-0.39, 0.29) is 5.69 Å². The molecule has 0 spiro atoms. The zero-order valence-corrected chi connectivity index (χ0v) is 13.6. The van der Waals surface area contributed by atoms with Gasteiger partial charge in [0, 0.05) is 42.2 Å². The van der Waals surface area contributed by atoms with Crippen LogP contribution in [0.4, 0.5) is 11.5 Å². The number of nitro groups is 1. The predicted molar refractivity (Wildman–Crippen MR) is 94.9 cm³/mol. The summed E-state index contributed by atoms with van der Waals surface area (Å²) in [5.41, 5.74) is 4.02. The third-order valence-electron chi connectivity index (χ3n) is 4.39. The van der Waals surface area contributed by atoms with Crippen LogP contribution < -0.4 is 5.32 Å². The number of benzene rings is 1. The van der Waals surface area contributed by atoms with Crippen LogP contribution in [0, 0.1) is 10.1 Å². The van der Waals surface area contributed by atoms with Crippen molar-refractivity contribution in [1.29, 1.82) is 0 Å². The molecule has 2 aromatic heterocycles. The summed E-state index contributed by atoms with van der Waals surface area (Å²) in [6, 6.07) is 10.4. The van der Waals surface area contributed by atoms with Gasteiger partial charge in [0.1, 0.15) is 5.82 Å². The van der Waals surface area contributed by atoms with E-state index in [2.05, 4.69) is 10.3 Å². The molecule has 0 atom stereocenters. The molecular formula is C18H17N5O2. The largest absolute Gasteiger partial charge is 0.370 e. The summed E-state index contributed by atoms with van der Waals surface area (Å²) in [5.74, 6) is 0.971. The Morgan fingerprint density at radius 1 is 1.08 bits per heavy atom. The number of non-ortho nitro benzene ring substituents is 1. The second kappa shape index (κ2) is 6.35. The van der Waals surface area contributed by atoms with Crippen LogP contribution in [0.1, 0.15) is 18.4 Å². The van der Waals surface area contributed by atoms with Gasteiger partial charge in [-0.15, -0.1) is 0 Å². The van der Waals surface area contributed by atoms with Gasteiger partial charge in [-0.25, -0.2) is 4.68 Å². The van der Waals surface area contributed by atoms with Gasteiger partial charge < -0.3 is 5.32 Å². The second-order valence-corrected chi connectivity index (χ2v) is 5.98. The maximum absolute atomic E-state index is 10.9. The maximum Gasteiger partial charge on any atom is 0.269 e. The molecule has 0 bridgehead atoms. The van der Waals surface area contributed by atoms with Crippen molar-refractivity contribution in [2.75, 3.05) is 11.9 Å². The standard InChI is InChI=1S/C18H17N5O2/c24-23(25)15-6-4-14(5-7-15)22-18-16(3-1-2-10-20-18)17(21-22)13-8-11-19-12-9-13/h4-9,11-12,20H,1-3,10H2. The van der Waals surface area contributed by atoms with Crippen molar-refractivity contribution in [3.05, 3.63) is 64.5 Å². The molecule has 7 heteroatoms. The number of hydrogen-bond acceptors (Lipinski definition) is 5. The Balaban J connectivity index is 1.85. The molecule has 3 aromatic rings. The molecule has 1 aliphatic rings. The van der Waals surface area contributed by atoms with Crippen LogP contribution in [0.15, 0.2) is 48.8 Å². The number of anilines is 1. The van der Waals surface area contributed by atoms with E-state index in [1.807, 2.05) is 16.8 Å². The lowest BCUT2D eigenvalue weighted by Gasteiger charge is -2.09. The van der Waals surface area contributed by atoms with Crippen LogP contribution in [0.2, 0.25) is 0 Å². The number of pyridine rings is 1. The maximum atomic E-state index is 10.9. The number of hydrogen-bond donors (Lipinski definition) is 1. The highest BCUT2D eigenvalue weighted by Gasteiger charge is 2.21. The topological polar surface area (TPSA) is 85.9 Å². The van der Waals surface area contributed by atoms with Crippen molar-refractivity contribution >= 4 is 11.5 Å². The Labute approximate surface area is 144 Å². The van der Waals surface area contributed by atoms with E-state index in [9.17, 15) is 10.1 Å². The molecule has 0 unspecified atom stereocenters. The fourth-order valence-corrected chi connectivity index (χ4v) is 3.15. The monoisotopic (exact) mass is 335 g/mol. The smallest absolute Gasteiger partial charge is 0.269 e. The van der Waals surface area contributed by atoms with Crippen LogP contribution in [0.25, 0.3) is 16.9 Å². The molecule has 4 rings (SSSR count). The molecule has 7 nitrogen and oxygen atoms in total. The minimum Gasteiger partial charge on any atom is -0.370 e. The molecule has 0 radical (unpaired) electrons. The van der Waals surface area contributed by atoms with Gasteiger partial charge in [-0.3, -0.25) is 15.1 Å². The summed E-state index contributed by atoms with van der Waals surface area (Å²) in [5, 5.41) is 19.2. The SMILES string of the molecule is O=[N+]([O-])c1ccc(-n2nc(-c3ccncc3)c3c2NCCCC3)cc1. The zero-order chi connectivity index (χ0) is 17.2. The van der Waals surface area contributed by atoms with Crippen LogP contribution in [-0.4, -0.2) is 26.2 Å². The third-order valence-corrected chi connectivity index (χ3v) is 4.39. The van der Waals surface area contributed by atoms with Gasteiger partial charge in [-0.05, 0) is 43.5 Å². The first-order valence-corrected chi connectivity index (χ1v) is 8.25. The molecule has 0 saturated heterocycles. The molecule has 25 heavy (non-hydrogen) atoms. The van der Waals surface area contributed by atoms with Crippen molar-refractivity contribution in [2.45, 2.75) is 19.3 Å². The van der Waals surface area contributed by atoms with Crippen LogP contribution >= 0.6 is 0 Å². The molecule has 1 N–H and O–H groups in total. The lowest BCUT2D eigenvalue weighted by atomic mass is 10.0. The van der Waals surface area contributed by atoms with Gasteiger partial charge in [0.15, 0.2) is 0 Å². The molecule has 126 valence electrons. The van der Waals surface area contributed by atoms with Crippen molar-refractivity contribution in [3.8, 4) is 16.9 Å². The van der Waals surface area contributed by atoms with Crippen molar-refractivity contribution in [1.82, 2.24) is 14.8 Å². The Hall–Kier alpha value is -3.22. The van der Waals surface area contributed by atoms with E-state index in [0.717, 1.165) is 48.6 Å². The fraction of sp³-hybridized carbons (Fsp3) is 0.222. The quantitative estimate of drug-likeness (QED) is 0.584. The Bertz CT molecular complexity index is 903. The van der Waals surface area contributed by atoms with Crippen molar-refractivity contribution in [3.63, 3.8) is 0 Å². The van der Waals surface area contributed by atoms with E-state index in [4.69, 9.17) is 5.10 Å². The van der Waals surface area contributed by atoms with E-state index in [0.29, 0.717) is 0 Å². The first-order chi connectivity index (χ1) is 12.2. The average molecular weight is 335 g/mol. The lowest BCUT2D eigenvalue weighted by Crippen LogP contribution is -2.07. The number of fused-ring (bicyclic) bond motifs is 1. The number of nitrogens with zero attached hydrogens (tertiary/aromatic N) is 4. The van der Waals surface area contributed by atoms with E-state index < -0.39 is 4.92 Å². The Kier molecular flexibility index (Phi) is 3.89. The number of nitrogens with one attached hydrogen (secondary N) is 1. The van der Waals surface area contributed by atoms with Crippen LogP contribution in [-0.2, 0) is 6.42 Å². The molecule has 1 aliphatic heterocycles. The van der Waals surface area contributed by atoms with Crippen molar-refractivity contribution in [2.24, 2.45) is 0 Å². The Morgan fingerprint density at radius 2 is 1.84 bits per heavy atom. The van der Waals surface area contributed by atoms with Gasteiger partial charge in [-0.1, -0.05) is 0 Å². The number of aromatic nitrogens is 3. The van der Waals surface area contributed by atoms with Gasteiger partial charge in [0.05, 0.1) is 16.3 Å². The summed E-state index contributed by atoms with van der Waals surface area (Å²) >= 11 is 0. The van der Waals surface area contributed by atoms with Crippen molar-refractivity contribution < 1.29 is 4.92 Å². The van der Waals surface area contributed by atoms with E-state index in [1.54, 1.807) is 24.5 Å². The van der Waals surface area contributed by atoms with E-state index in [1.165, 1.54) is 17.7 Å². The highest BCUT2D eigenvalue weighted by Crippen LogP contribution is 2.33. The first-order valence-electron chi connectivity index (χ1n) is 8.25. The number of nitro benzene ring substituents is 1. The third kappa shape index (κ3) is 2.84. The fourth-order valence-electron chi connectivity index (χ4n) is 3.15. The minimum atomic E-state index is -0.395. The molecule has 0 aliphatic carbocycles. The second-order valence-electron chi connectivity index (χ2n) is 5.98.